The van der Waals surface area contributed by atoms with E-state index in [1.807, 2.05) is 38.1 Å². The third kappa shape index (κ3) is 4.66. The van der Waals surface area contributed by atoms with Crippen LogP contribution in [0.25, 0.3) is 6.08 Å². The number of amides is 2. The largest absolute Gasteiger partial charge is 0.491 e. The summed E-state index contributed by atoms with van der Waals surface area (Å²) in [4.78, 5) is 37.7. The van der Waals surface area contributed by atoms with E-state index in [2.05, 4.69) is 0 Å². The van der Waals surface area contributed by atoms with Crippen LogP contribution in [0.15, 0.2) is 29.2 Å². The van der Waals surface area contributed by atoms with E-state index in [-0.39, 0.29) is 17.6 Å². The number of carbonyl (C=O) groups excluding carboxylic acids is 3. The molecule has 6 nitrogen and oxygen atoms in total. The molecule has 140 valence electrons. The van der Waals surface area contributed by atoms with E-state index in [1.54, 1.807) is 13.0 Å². The molecule has 7 heteroatoms. The molecule has 0 radical (unpaired) electrons. The average molecular weight is 377 g/mol. The first-order valence-electron chi connectivity index (χ1n) is 8.57. The van der Waals surface area contributed by atoms with Crippen LogP contribution in [0, 0.1) is 0 Å². The highest BCUT2D eigenvalue weighted by molar-refractivity contribution is 8.18. The standard InChI is InChI=1S/C19H23NO5S/c1-5-12(3)25-15-9-7-14(8-10-15)11-16-17(21)20(19(23)26-16)13(4)18(22)24-6-2/h7-13H,5-6H2,1-4H3/b16-11+/t12-,13-/m1/s1. The highest BCUT2D eigenvalue weighted by Gasteiger charge is 2.41. The fourth-order valence-corrected chi connectivity index (χ4v) is 3.20. The number of esters is 1. The Hall–Kier alpha value is -2.28. The van der Waals surface area contributed by atoms with Gasteiger partial charge in [0.05, 0.1) is 17.6 Å². The Morgan fingerprint density at radius 2 is 1.85 bits per heavy atom. The van der Waals surface area contributed by atoms with Crippen LogP contribution in [0.5, 0.6) is 5.75 Å². The second-order valence-corrected chi connectivity index (χ2v) is 6.88. The predicted octanol–water partition coefficient (Wildman–Crippen LogP) is 3.85. The van der Waals surface area contributed by atoms with Crippen molar-refractivity contribution in [2.24, 2.45) is 0 Å². The van der Waals surface area contributed by atoms with Gasteiger partial charge in [0, 0.05) is 0 Å². The second-order valence-electron chi connectivity index (χ2n) is 5.89. The van der Waals surface area contributed by atoms with Crippen molar-refractivity contribution in [1.29, 1.82) is 0 Å². The molecular formula is C19H23NO5S. The Labute approximate surface area is 157 Å². The van der Waals surface area contributed by atoms with Crippen molar-refractivity contribution in [1.82, 2.24) is 4.90 Å². The Balaban J connectivity index is 2.13. The molecular weight excluding hydrogens is 354 g/mol. The van der Waals surface area contributed by atoms with Crippen LogP contribution in [-0.4, -0.2) is 40.8 Å². The highest BCUT2D eigenvalue weighted by atomic mass is 32.2. The van der Waals surface area contributed by atoms with E-state index >= 15 is 0 Å². The van der Waals surface area contributed by atoms with E-state index in [1.165, 1.54) is 6.92 Å². The first-order valence-corrected chi connectivity index (χ1v) is 9.39. The smallest absolute Gasteiger partial charge is 0.329 e. The minimum Gasteiger partial charge on any atom is -0.491 e. The quantitative estimate of drug-likeness (QED) is 0.531. The third-order valence-electron chi connectivity index (χ3n) is 3.93. The molecule has 1 heterocycles. The third-order valence-corrected chi connectivity index (χ3v) is 4.81. The topological polar surface area (TPSA) is 72.9 Å². The van der Waals surface area contributed by atoms with Gasteiger partial charge >= 0.3 is 5.97 Å². The fourth-order valence-electron chi connectivity index (χ4n) is 2.29. The Kier molecular flexibility index (Phi) is 6.85. The van der Waals surface area contributed by atoms with Gasteiger partial charge in [0.15, 0.2) is 0 Å². The zero-order valence-corrected chi connectivity index (χ0v) is 16.2. The lowest BCUT2D eigenvalue weighted by molar-refractivity contribution is -0.150. The molecule has 1 saturated heterocycles. The summed E-state index contributed by atoms with van der Waals surface area (Å²) in [5.74, 6) is -0.330. The van der Waals surface area contributed by atoms with Gasteiger partial charge in [-0.15, -0.1) is 0 Å². The number of imide groups is 1. The number of nitrogens with zero attached hydrogens (tertiary/aromatic N) is 1. The van der Waals surface area contributed by atoms with E-state index in [9.17, 15) is 14.4 Å². The lowest BCUT2D eigenvalue weighted by atomic mass is 10.2. The fraction of sp³-hybridized carbons (Fsp3) is 0.421. The van der Waals surface area contributed by atoms with E-state index in [4.69, 9.17) is 9.47 Å². The van der Waals surface area contributed by atoms with E-state index < -0.39 is 23.2 Å². The van der Waals surface area contributed by atoms with Gasteiger partial charge in [0.2, 0.25) is 0 Å². The molecule has 1 fully saturated rings. The zero-order chi connectivity index (χ0) is 19.3. The molecule has 2 amide bonds. The van der Waals surface area contributed by atoms with Crippen molar-refractivity contribution in [2.75, 3.05) is 6.61 Å². The number of ether oxygens (including phenoxy) is 2. The van der Waals surface area contributed by atoms with Crippen molar-refractivity contribution in [3.63, 3.8) is 0 Å². The van der Waals surface area contributed by atoms with Crippen LogP contribution in [0.4, 0.5) is 4.79 Å². The van der Waals surface area contributed by atoms with Crippen LogP contribution in [0.3, 0.4) is 0 Å². The molecule has 2 atom stereocenters. The van der Waals surface area contributed by atoms with Crippen molar-refractivity contribution < 1.29 is 23.9 Å². The normalized spacial score (nSPS) is 18.2. The Morgan fingerprint density at radius 3 is 2.42 bits per heavy atom. The SMILES string of the molecule is CCOC(=O)[C@@H](C)N1C(=O)S/C(=C/c2ccc(O[C@H](C)CC)cc2)C1=O. The summed E-state index contributed by atoms with van der Waals surface area (Å²) in [6.07, 6.45) is 2.67. The van der Waals surface area contributed by atoms with Crippen LogP contribution in [-0.2, 0) is 14.3 Å². The molecule has 0 bridgehead atoms. The molecule has 2 rings (SSSR count). The Bertz CT molecular complexity index is 713. The summed E-state index contributed by atoms with van der Waals surface area (Å²) in [7, 11) is 0. The summed E-state index contributed by atoms with van der Waals surface area (Å²) in [6, 6.07) is 6.34. The molecule has 0 aromatic heterocycles. The van der Waals surface area contributed by atoms with Gasteiger partial charge in [-0.3, -0.25) is 14.5 Å². The maximum Gasteiger partial charge on any atom is 0.329 e. The number of carbonyl (C=O) groups is 3. The average Bonchev–Trinajstić information content (AvgIpc) is 2.89. The van der Waals surface area contributed by atoms with Crippen LogP contribution in [0.2, 0.25) is 0 Å². The molecule has 1 aliphatic heterocycles. The number of thioether (sulfide) groups is 1. The van der Waals surface area contributed by atoms with Gasteiger partial charge in [0.1, 0.15) is 11.8 Å². The van der Waals surface area contributed by atoms with Gasteiger partial charge in [-0.05, 0) is 62.7 Å². The van der Waals surface area contributed by atoms with Gasteiger partial charge in [-0.2, -0.15) is 0 Å². The van der Waals surface area contributed by atoms with Crippen molar-refractivity contribution >= 4 is 35.0 Å². The van der Waals surface area contributed by atoms with Crippen LogP contribution < -0.4 is 4.74 Å². The van der Waals surface area contributed by atoms with Gasteiger partial charge < -0.3 is 9.47 Å². The molecule has 26 heavy (non-hydrogen) atoms. The molecule has 0 N–H and O–H groups in total. The predicted molar refractivity (Wildman–Crippen MR) is 101 cm³/mol. The second kappa shape index (κ2) is 8.89. The number of rotatable bonds is 7. The Morgan fingerprint density at radius 1 is 1.19 bits per heavy atom. The number of hydrogen-bond donors (Lipinski definition) is 0. The molecule has 0 spiro atoms. The maximum atomic E-state index is 12.5. The maximum absolute atomic E-state index is 12.5. The minimum absolute atomic E-state index is 0.127. The van der Waals surface area contributed by atoms with Crippen molar-refractivity contribution in [2.45, 2.75) is 46.3 Å². The molecule has 1 aliphatic rings. The van der Waals surface area contributed by atoms with Crippen molar-refractivity contribution in [3.05, 3.63) is 34.7 Å². The van der Waals surface area contributed by atoms with E-state index in [0.717, 1.165) is 34.4 Å². The van der Waals surface area contributed by atoms with E-state index in [0.29, 0.717) is 0 Å². The molecule has 0 saturated carbocycles. The summed E-state index contributed by atoms with van der Waals surface area (Å²) < 4.78 is 10.6. The molecule has 0 aliphatic carbocycles. The lowest BCUT2D eigenvalue weighted by Crippen LogP contribution is -2.42. The monoisotopic (exact) mass is 377 g/mol. The zero-order valence-electron chi connectivity index (χ0n) is 15.4. The van der Waals surface area contributed by atoms with Gasteiger partial charge in [-0.25, -0.2) is 4.79 Å². The molecule has 1 aromatic carbocycles. The molecule has 1 aromatic rings. The van der Waals surface area contributed by atoms with Gasteiger partial charge in [-0.1, -0.05) is 19.1 Å². The first-order chi connectivity index (χ1) is 12.4. The summed E-state index contributed by atoms with van der Waals surface area (Å²) >= 11 is 0.818. The first kappa shape index (κ1) is 20.0. The summed E-state index contributed by atoms with van der Waals surface area (Å²) in [5.41, 5.74) is 0.774. The van der Waals surface area contributed by atoms with Gasteiger partial charge in [0.25, 0.3) is 11.1 Å². The van der Waals surface area contributed by atoms with Crippen LogP contribution >= 0.6 is 11.8 Å². The lowest BCUT2D eigenvalue weighted by Gasteiger charge is -2.19. The number of hydrogen-bond acceptors (Lipinski definition) is 6. The number of benzene rings is 1. The summed E-state index contributed by atoms with van der Waals surface area (Å²) in [6.45, 7) is 7.40. The summed E-state index contributed by atoms with van der Waals surface area (Å²) in [5, 5.41) is -0.474. The van der Waals surface area contributed by atoms with Crippen molar-refractivity contribution in [3.8, 4) is 5.75 Å². The minimum atomic E-state index is -0.945. The van der Waals surface area contributed by atoms with Crippen LogP contribution in [0.1, 0.15) is 39.7 Å². The molecule has 0 unspecified atom stereocenters. The highest BCUT2D eigenvalue weighted by Crippen LogP contribution is 2.34.